The number of benzene rings is 1. The van der Waals surface area contributed by atoms with Crippen LogP contribution in [0.25, 0.3) is 0 Å². The summed E-state index contributed by atoms with van der Waals surface area (Å²) < 4.78 is 0. The predicted octanol–water partition coefficient (Wildman–Crippen LogP) is 2.43. The first-order valence-corrected chi connectivity index (χ1v) is 5.80. The number of unbranched alkanes of at least 4 members (excludes halogenated alkanes) is 1. The minimum atomic E-state index is 0.799. The molecule has 3 heteroatoms. The van der Waals surface area contributed by atoms with Crippen molar-refractivity contribution in [3.05, 3.63) is 34.9 Å². The third-order valence-corrected chi connectivity index (χ3v) is 2.52. The summed E-state index contributed by atoms with van der Waals surface area (Å²) >= 11 is 5.80. The molecule has 0 spiro atoms. The molecule has 0 aliphatic heterocycles. The van der Waals surface area contributed by atoms with Crippen molar-refractivity contribution in [1.82, 2.24) is 10.6 Å². The molecule has 0 unspecified atom stereocenters. The summed E-state index contributed by atoms with van der Waals surface area (Å²) in [6.45, 7) is 3.10. The van der Waals surface area contributed by atoms with Gasteiger partial charge in [0, 0.05) is 11.6 Å². The Morgan fingerprint density at radius 2 is 1.73 bits per heavy atom. The van der Waals surface area contributed by atoms with E-state index in [1.54, 1.807) is 0 Å². The zero-order chi connectivity index (χ0) is 10.9. The van der Waals surface area contributed by atoms with Gasteiger partial charge in [-0.05, 0) is 50.7 Å². The van der Waals surface area contributed by atoms with Gasteiger partial charge in [-0.3, -0.25) is 0 Å². The molecule has 0 aliphatic carbocycles. The smallest absolute Gasteiger partial charge is 0.0406 e. The van der Waals surface area contributed by atoms with Gasteiger partial charge in [0.25, 0.3) is 0 Å². The van der Waals surface area contributed by atoms with Gasteiger partial charge in [0.05, 0.1) is 0 Å². The van der Waals surface area contributed by atoms with Crippen molar-refractivity contribution in [2.24, 2.45) is 0 Å². The Balaban J connectivity index is 2.07. The molecule has 0 aliphatic rings. The summed E-state index contributed by atoms with van der Waals surface area (Å²) in [5.41, 5.74) is 1.29. The normalized spacial score (nSPS) is 10.5. The molecule has 0 saturated carbocycles. The molecule has 0 radical (unpaired) electrons. The van der Waals surface area contributed by atoms with Gasteiger partial charge in [-0.15, -0.1) is 0 Å². The summed E-state index contributed by atoms with van der Waals surface area (Å²) in [7, 11) is 1.99. The molecular weight excluding hydrogens is 208 g/mol. The molecule has 0 heterocycles. The Morgan fingerprint density at radius 3 is 2.40 bits per heavy atom. The van der Waals surface area contributed by atoms with Crippen LogP contribution in [-0.2, 0) is 6.54 Å². The van der Waals surface area contributed by atoms with E-state index in [1.165, 1.54) is 18.4 Å². The van der Waals surface area contributed by atoms with Crippen molar-refractivity contribution in [1.29, 1.82) is 0 Å². The standard InChI is InChI=1S/C12H19ClN2/c1-14-8-2-3-9-15-10-11-4-6-12(13)7-5-11/h4-7,14-15H,2-3,8-10H2,1H3. The Labute approximate surface area is 97.0 Å². The van der Waals surface area contributed by atoms with Crippen LogP contribution < -0.4 is 10.6 Å². The first-order valence-electron chi connectivity index (χ1n) is 5.42. The average molecular weight is 227 g/mol. The monoisotopic (exact) mass is 226 g/mol. The van der Waals surface area contributed by atoms with Crippen LogP contribution in [-0.4, -0.2) is 20.1 Å². The van der Waals surface area contributed by atoms with Crippen molar-refractivity contribution >= 4 is 11.6 Å². The van der Waals surface area contributed by atoms with E-state index in [9.17, 15) is 0 Å². The quantitative estimate of drug-likeness (QED) is 0.698. The van der Waals surface area contributed by atoms with Gasteiger partial charge in [0.2, 0.25) is 0 Å². The molecule has 0 atom stereocenters. The van der Waals surface area contributed by atoms with Crippen LogP contribution in [0.15, 0.2) is 24.3 Å². The molecular formula is C12H19ClN2. The minimum absolute atomic E-state index is 0.799. The van der Waals surface area contributed by atoms with Gasteiger partial charge in [-0.25, -0.2) is 0 Å². The van der Waals surface area contributed by atoms with Crippen molar-refractivity contribution in [3.8, 4) is 0 Å². The number of rotatable bonds is 7. The molecule has 2 N–H and O–H groups in total. The molecule has 0 saturated heterocycles. The second-order valence-corrected chi connectivity index (χ2v) is 4.05. The van der Waals surface area contributed by atoms with Crippen molar-refractivity contribution < 1.29 is 0 Å². The lowest BCUT2D eigenvalue weighted by atomic mass is 10.2. The third-order valence-electron chi connectivity index (χ3n) is 2.27. The third kappa shape index (κ3) is 5.78. The van der Waals surface area contributed by atoms with Crippen LogP contribution in [0.1, 0.15) is 18.4 Å². The molecule has 0 fully saturated rings. The predicted molar refractivity (Wildman–Crippen MR) is 66.3 cm³/mol. The van der Waals surface area contributed by atoms with E-state index in [4.69, 9.17) is 11.6 Å². The van der Waals surface area contributed by atoms with E-state index in [1.807, 2.05) is 19.2 Å². The minimum Gasteiger partial charge on any atom is -0.320 e. The van der Waals surface area contributed by atoms with Crippen molar-refractivity contribution in [2.45, 2.75) is 19.4 Å². The molecule has 1 aromatic rings. The highest BCUT2D eigenvalue weighted by Gasteiger charge is 1.92. The largest absolute Gasteiger partial charge is 0.320 e. The summed E-state index contributed by atoms with van der Waals surface area (Å²) in [6, 6.07) is 7.98. The van der Waals surface area contributed by atoms with Crippen LogP contribution in [0.5, 0.6) is 0 Å². The van der Waals surface area contributed by atoms with Crippen LogP contribution in [0, 0.1) is 0 Å². The van der Waals surface area contributed by atoms with E-state index in [-0.39, 0.29) is 0 Å². The van der Waals surface area contributed by atoms with E-state index in [0.717, 1.165) is 24.7 Å². The van der Waals surface area contributed by atoms with Crippen LogP contribution >= 0.6 is 11.6 Å². The molecule has 1 aromatic carbocycles. The first-order chi connectivity index (χ1) is 7.33. The van der Waals surface area contributed by atoms with Crippen LogP contribution in [0.3, 0.4) is 0 Å². The molecule has 2 nitrogen and oxygen atoms in total. The first kappa shape index (κ1) is 12.5. The van der Waals surface area contributed by atoms with Gasteiger partial charge in [0.1, 0.15) is 0 Å². The Hall–Kier alpha value is -0.570. The second-order valence-electron chi connectivity index (χ2n) is 3.61. The number of halogens is 1. The highest BCUT2D eigenvalue weighted by atomic mass is 35.5. The van der Waals surface area contributed by atoms with Gasteiger partial charge >= 0.3 is 0 Å². The lowest BCUT2D eigenvalue weighted by Crippen LogP contribution is -2.16. The Bertz CT molecular complexity index is 259. The summed E-state index contributed by atoms with van der Waals surface area (Å²) in [5.74, 6) is 0. The zero-order valence-corrected chi connectivity index (χ0v) is 9.98. The Kier molecular flexibility index (Phi) is 6.41. The highest BCUT2D eigenvalue weighted by molar-refractivity contribution is 6.30. The molecule has 0 amide bonds. The molecule has 0 bridgehead atoms. The fraction of sp³-hybridized carbons (Fsp3) is 0.500. The maximum atomic E-state index is 5.80. The lowest BCUT2D eigenvalue weighted by molar-refractivity contribution is 0.605. The molecule has 15 heavy (non-hydrogen) atoms. The van der Waals surface area contributed by atoms with Crippen molar-refractivity contribution in [2.75, 3.05) is 20.1 Å². The maximum absolute atomic E-state index is 5.80. The fourth-order valence-electron chi connectivity index (χ4n) is 1.39. The zero-order valence-electron chi connectivity index (χ0n) is 9.22. The van der Waals surface area contributed by atoms with Crippen molar-refractivity contribution in [3.63, 3.8) is 0 Å². The highest BCUT2D eigenvalue weighted by Crippen LogP contribution is 2.08. The topological polar surface area (TPSA) is 24.1 Å². The van der Waals surface area contributed by atoms with E-state index in [2.05, 4.69) is 22.8 Å². The van der Waals surface area contributed by atoms with Gasteiger partial charge in [-0.1, -0.05) is 23.7 Å². The molecule has 0 aromatic heterocycles. The average Bonchev–Trinajstić information content (AvgIpc) is 2.26. The van der Waals surface area contributed by atoms with Gasteiger partial charge in [-0.2, -0.15) is 0 Å². The summed E-state index contributed by atoms with van der Waals surface area (Å²) in [6.07, 6.45) is 2.44. The summed E-state index contributed by atoms with van der Waals surface area (Å²) in [4.78, 5) is 0. The van der Waals surface area contributed by atoms with Gasteiger partial charge < -0.3 is 10.6 Å². The number of hydrogen-bond donors (Lipinski definition) is 2. The molecule has 1 rings (SSSR count). The van der Waals surface area contributed by atoms with Gasteiger partial charge in [0.15, 0.2) is 0 Å². The number of hydrogen-bond acceptors (Lipinski definition) is 2. The Morgan fingerprint density at radius 1 is 1.07 bits per heavy atom. The van der Waals surface area contributed by atoms with E-state index >= 15 is 0 Å². The SMILES string of the molecule is CNCCCCNCc1ccc(Cl)cc1. The van der Waals surface area contributed by atoms with E-state index < -0.39 is 0 Å². The maximum Gasteiger partial charge on any atom is 0.0406 e. The second kappa shape index (κ2) is 7.69. The summed E-state index contributed by atoms with van der Waals surface area (Å²) in [5, 5.41) is 7.35. The molecule has 84 valence electrons. The van der Waals surface area contributed by atoms with Crippen LogP contribution in [0.4, 0.5) is 0 Å². The number of nitrogens with one attached hydrogen (secondary N) is 2. The fourth-order valence-corrected chi connectivity index (χ4v) is 1.51. The van der Waals surface area contributed by atoms with E-state index in [0.29, 0.717) is 0 Å². The lowest BCUT2D eigenvalue weighted by Gasteiger charge is -2.04. The van der Waals surface area contributed by atoms with Crippen LogP contribution in [0.2, 0.25) is 5.02 Å².